The summed E-state index contributed by atoms with van der Waals surface area (Å²) < 4.78 is 23.2. The fourth-order valence-electron chi connectivity index (χ4n) is 16.6. The average Bonchev–Trinajstić information content (AvgIpc) is 1.57. The van der Waals surface area contributed by atoms with Crippen LogP contribution in [0.4, 0.5) is 28.4 Å². The second-order valence-electron chi connectivity index (χ2n) is 29.4. The van der Waals surface area contributed by atoms with Crippen molar-refractivity contribution in [1.82, 2.24) is 0 Å². The van der Waals surface area contributed by atoms with Crippen LogP contribution in [0, 0.1) is 6.92 Å². The van der Waals surface area contributed by atoms with Gasteiger partial charge in [-0.2, -0.15) is 0 Å². The topological polar surface area (TPSA) is 50.0 Å². The molecule has 2 heterocycles. The van der Waals surface area contributed by atoms with Gasteiger partial charge in [0, 0.05) is 46.3 Å². The molecule has 6 heteroatoms. The lowest BCUT2D eigenvalue weighted by atomic mass is 9.70. The number of unbranched alkanes of at least 4 members (excludes halogenated alkanes) is 12. The lowest BCUT2D eigenvalue weighted by molar-refractivity contribution is 0.263. The van der Waals surface area contributed by atoms with E-state index in [1.807, 2.05) is 6.07 Å². The SMILES string of the molecule is CCCCCCC1(CCCCCC)c2cc(-c3ccc(N(C)c4cccc(-c5cccc(OCC6CO6)c5)c4)cc3)ccc2-c2ccc(-c3ccc(N(c4cccc(-c5cccc(OCC6CO6)c5)c4)c4ccc5c(c4)C(CCCCCC)(CCCCCC)c4cc(C)ccc4-5)cc3)cc21. The van der Waals surface area contributed by atoms with Gasteiger partial charge in [-0.25, -0.2) is 0 Å². The average molecular weight is 1330 g/mol. The van der Waals surface area contributed by atoms with Gasteiger partial charge in [0.2, 0.25) is 0 Å². The van der Waals surface area contributed by atoms with Gasteiger partial charge < -0.3 is 28.7 Å². The summed E-state index contributed by atoms with van der Waals surface area (Å²) in [6, 6.07) is 83.6. The number of anilines is 5. The molecule has 2 unspecified atom stereocenters. The Kier molecular flexibility index (Phi) is 21.5. The third-order valence-electron chi connectivity index (χ3n) is 22.3. The number of fused-ring (bicyclic) bond motifs is 6. The first-order chi connectivity index (χ1) is 49.1. The van der Waals surface area contributed by atoms with Gasteiger partial charge in [-0.05, 0) is 219 Å². The number of nitrogens with zero attached hydrogens (tertiary/aromatic N) is 2. The molecule has 2 saturated heterocycles. The third-order valence-corrected chi connectivity index (χ3v) is 22.3. The summed E-state index contributed by atoms with van der Waals surface area (Å²) in [4.78, 5) is 4.83. The molecule has 0 bridgehead atoms. The Balaban J connectivity index is 0.810. The van der Waals surface area contributed by atoms with E-state index in [0.717, 1.165) is 82.6 Å². The molecule has 0 saturated carbocycles. The zero-order valence-electron chi connectivity index (χ0n) is 60.4. The van der Waals surface area contributed by atoms with Crippen molar-refractivity contribution in [2.45, 2.75) is 186 Å². The second kappa shape index (κ2) is 31.5. The number of benzene rings is 10. The molecule has 2 atom stereocenters. The van der Waals surface area contributed by atoms with Gasteiger partial charge in [0.1, 0.15) is 36.9 Å². The Bertz CT molecular complexity index is 4380. The maximum atomic E-state index is 6.26. The summed E-state index contributed by atoms with van der Waals surface area (Å²) in [5.41, 5.74) is 28.3. The molecular formula is C94H104N2O4. The van der Waals surface area contributed by atoms with E-state index in [-0.39, 0.29) is 23.0 Å². The van der Waals surface area contributed by atoms with Crippen molar-refractivity contribution in [1.29, 1.82) is 0 Å². The highest BCUT2D eigenvalue weighted by Gasteiger charge is 2.44. The minimum atomic E-state index is -0.104. The predicted molar refractivity (Wildman–Crippen MR) is 420 cm³/mol. The van der Waals surface area contributed by atoms with Gasteiger partial charge >= 0.3 is 0 Å². The summed E-state index contributed by atoms with van der Waals surface area (Å²) in [6.45, 7) is 14.4. The molecular weight excluding hydrogens is 1220 g/mol. The quantitative estimate of drug-likeness (QED) is 0.0291. The zero-order valence-corrected chi connectivity index (χ0v) is 60.4. The van der Waals surface area contributed by atoms with Crippen LogP contribution in [0.5, 0.6) is 11.5 Å². The first-order valence-electron chi connectivity index (χ1n) is 38.4. The molecule has 100 heavy (non-hydrogen) atoms. The Morgan fingerprint density at radius 2 is 0.680 bits per heavy atom. The highest BCUT2D eigenvalue weighted by Crippen LogP contribution is 2.58. The molecule has 0 radical (unpaired) electrons. The Hall–Kier alpha value is -8.68. The van der Waals surface area contributed by atoms with E-state index in [9.17, 15) is 0 Å². The maximum absolute atomic E-state index is 6.26. The van der Waals surface area contributed by atoms with Crippen LogP contribution in [-0.2, 0) is 20.3 Å². The largest absolute Gasteiger partial charge is 0.491 e. The summed E-state index contributed by atoms with van der Waals surface area (Å²) in [5, 5.41) is 0. The maximum Gasteiger partial charge on any atom is 0.120 e. The van der Waals surface area contributed by atoms with Gasteiger partial charge in [0.05, 0.1) is 13.2 Å². The number of rotatable bonds is 35. The van der Waals surface area contributed by atoms with E-state index in [0.29, 0.717) is 13.2 Å². The molecule has 0 aromatic heterocycles. The van der Waals surface area contributed by atoms with Crippen LogP contribution in [0.2, 0.25) is 0 Å². The third kappa shape index (κ3) is 15.0. The monoisotopic (exact) mass is 1320 g/mol. The summed E-state index contributed by atoms with van der Waals surface area (Å²) in [6.07, 6.45) is 24.9. The molecule has 4 aliphatic rings. The van der Waals surface area contributed by atoms with Crippen molar-refractivity contribution in [3.63, 3.8) is 0 Å². The van der Waals surface area contributed by atoms with Crippen molar-refractivity contribution in [3.8, 4) is 78.3 Å². The summed E-state index contributed by atoms with van der Waals surface area (Å²) >= 11 is 0. The smallest absolute Gasteiger partial charge is 0.120 e. The van der Waals surface area contributed by atoms with Crippen LogP contribution in [0.25, 0.3) is 66.8 Å². The number of epoxide rings is 2. The number of ether oxygens (including phenoxy) is 4. The Morgan fingerprint density at radius 3 is 1.14 bits per heavy atom. The first-order valence-corrected chi connectivity index (χ1v) is 38.4. The van der Waals surface area contributed by atoms with Crippen LogP contribution in [-0.4, -0.2) is 45.7 Å². The molecule has 14 rings (SSSR count). The van der Waals surface area contributed by atoms with E-state index in [1.54, 1.807) is 5.56 Å². The molecule has 2 aliphatic heterocycles. The van der Waals surface area contributed by atoms with Gasteiger partial charge in [-0.3, -0.25) is 0 Å². The van der Waals surface area contributed by atoms with Crippen molar-refractivity contribution in [2.24, 2.45) is 0 Å². The van der Waals surface area contributed by atoms with E-state index in [1.165, 1.54) is 188 Å². The molecule has 514 valence electrons. The van der Waals surface area contributed by atoms with Gasteiger partial charge in [0.25, 0.3) is 0 Å². The standard InChI is InChI=1S/C94H104N2O4/c1-7-11-15-19-51-93(52-20-16-12-8-2)89-55-67(5)35-47-85(89)88-50-46-80(62-92(88)93)96(79-32-24-28-71(57-79)73-30-26-34-82(59-73)98-64-84-66-100-84)77-44-38-69(39-45-77)75-41-49-87-86-48-40-74(60-90(86)94(91(87)61-75,53-21-17-13-9-3)54-22-18-14-10-4)68-36-42-76(43-37-68)95(6)78-31-23-27-70(56-78)72-29-25-33-81(58-72)97-63-83-65-99-83/h23-50,55-62,83-84H,7-22,51-54,63-66H2,1-6H3. The fourth-order valence-corrected chi connectivity index (χ4v) is 16.6. The molecule has 0 amide bonds. The zero-order chi connectivity index (χ0) is 68.4. The summed E-state index contributed by atoms with van der Waals surface area (Å²) in [5.74, 6) is 1.74. The Labute approximate surface area is 597 Å². The number of hydrogen-bond donors (Lipinski definition) is 0. The lowest BCUT2D eigenvalue weighted by Crippen LogP contribution is -2.26. The molecule has 2 fully saturated rings. The minimum absolute atomic E-state index is 0.0533. The molecule has 2 aliphatic carbocycles. The van der Waals surface area contributed by atoms with Crippen molar-refractivity contribution in [3.05, 3.63) is 246 Å². The fraction of sp³-hybridized carbons (Fsp3) is 0.362. The van der Waals surface area contributed by atoms with Crippen LogP contribution >= 0.6 is 0 Å². The minimum Gasteiger partial charge on any atom is -0.491 e. The normalized spacial score (nSPS) is 15.6. The molecule has 6 nitrogen and oxygen atoms in total. The van der Waals surface area contributed by atoms with E-state index < -0.39 is 0 Å². The number of aryl methyl sites for hydroxylation is 1. The Morgan fingerprint density at radius 1 is 0.330 bits per heavy atom. The molecule has 10 aromatic rings. The predicted octanol–water partition coefficient (Wildman–Crippen LogP) is 25.9. The van der Waals surface area contributed by atoms with Crippen LogP contribution in [0.15, 0.2) is 218 Å². The van der Waals surface area contributed by atoms with Crippen LogP contribution in [0.3, 0.4) is 0 Å². The first kappa shape index (κ1) is 68.5. The van der Waals surface area contributed by atoms with Gasteiger partial charge in [0.15, 0.2) is 0 Å². The van der Waals surface area contributed by atoms with Crippen molar-refractivity contribution < 1.29 is 18.9 Å². The molecule has 10 aromatic carbocycles. The lowest BCUT2D eigenvalue weighted by Gasteiger charge is -2.34. The molecule has 0 N–H and O–H groups in total. The second-order valence-corrected chi connectivity index (χ2v) is 29.4. The van der Waals surface area contributed by atoms with E-state index in [4.69, 9.17) is 18.9 Å². The van der Waals surface area contributed by atoms with E-state index >= 15 is 0 Å². The van der Waals surface area contributed by atoms with Crippen molar-refractivity contribution >= 4 is 28.4 Å². The number of hydrogen-bond acceptors (Lipinski definition) is 6. The highest BCUT2D eigenvalue weighted by atomic mass is 16.6. The van der Waals surface area contributed by atoms with Crippen LogP contribution < -0.4 is 19.3 Å². The van der Waals surface area contributed by atoms with E-state index in [2.05, 4.69) is 264 Å². The van der Waals surface area contributed by atoms with Gasteiger partial charge in [-0.1, -0.05) is 257 Å². The van der Waals surface area contributed by atoms with Gasteiger partial charge in [-0.15, -0.1) is 0 Å². The van der Waals surface area contributed by atoms with Crippen molar-refractivity contribution in [2.75, 3.05) is 43.3 Å². The molecule has 0 spiro atoms. The van der Waals surface area contributed by atoms with Crippen LogP contribution in [0.1, 0.15) is 184 Å². The highest BCUT2D eigenvalue weighted by molar-refractivity contribution is 5.90. The summed E-state index contributed by atoms with van der Waals surface area (Å²) in [7, 11) is 2.17.